The van der Waals surface area contributed by atoms with Gasteiger partial charge in [-0.2, -0.15) is 9.97 Å². The van der Waals surface area contributed by atoms with Crippen LogP contribution in [0, 0.1) is 6.57 Å². The first-order chi connectivity index (χ1) is 14.3. The van der Waals surface area contributed by atoms with E-state index >= 15 is 0 Å². The summed E-state index contributed by atoms with van der Waals surface area (Å²) in [7, 11) is 1.54. The van der Waals surface area contributed by atoms with Crippen molar-refractivity contribution in [2.75, 3.05) is 19.0 Å². The molecule has 0 spiro atoms. The minimum atomic E-state index is -0.605. The first-order valence-corrected chi connectivity index (χ1v) is 10.2. The average molecular weight is 441 g/mol. The second-order valence-electron chi connectivity index (χ2n) is 7.29. The Balaban J connectivity index is 1.82. The van der Waals surface area contributed by atoms with Gasteiger partial charge in [-0.3, -0.25) is 0 Å². The molecule has 30 heavy (non-hydrogen) atoms. The number of anilines is 1. The molecule has 0 radical (unpaired) electrons. The Kier molecular flexibility index (Phi) is 6.81. The van der Waals surface area contributed by atoms with E-state index < -0.39 is 5.54 Å². The molecule has 1 heterocycles. The maximum atomic E-state index is 7.44. The molecule has 0 atom stereocenters. The van der Waals surface area contributed by atoms with Crippen LogP contribution in [-0.4, -0.2) is 23.6 Å². The topological polar surface area (TPSA) is 51.4 Å². The van der Waals surface area contributed by atoms with Gasteiger partial charge >= 0.3 is 6.01 Å². The van der Waals surface area contributed by atoms with E-state index in [1.54, 1.807) is 6.07 Å². The second-order valence-corrected chi connectivity index (χ2v) is 8.13. The predicted molar refractivity (Wildman–Crippen MR) is 122 cm³/mol. The Bertz CT molecular complexity index is 1090. The molecular weight excluding hydrogens is 419 g/mol. The molecule has 3 rings (SSSR count). The molecule has 0 aliphatic rings. The van der Waals surface area contributed by atoms with Crippen LogP contribution in [0.5, 0.6) is 6.01 Å². The van der Waals surface area contributed by atoms with Crippen molar-refractivity contribution in [3.8, 4) is 17.3 Å². The lowest BCUT2D eigenvalue weighted by Crippen LogP contribution is -2.11. The highest BCUT2D eigenvalue weighted by atomic mass is 35.5. The number of hydrogen-bond acceptors (Lipinski definition) is 4. The lowest BCUT2D eigenvalue weighted by atomic mass is 9.93. The Morgan fingerprint density at radius 3 is 2.60 bits per heavy atom. The van der Waals surface area contributed by atoms with Gasteiger partial charge in [0.1, 0.15) is 5.82 Å². The number of rotatable bonds is 7. The summed E-state index contributed by atoms with van der Waals surface area (Å²) in [6.07, 6.45) is 0.715. The second kappa shape index (κ2) is 9.34. The Morgan fingerprint density at radius 2 is 1.90 bits per heavy atom. The van der Waals surface area contributed by atoms with Gasteiger partial charge in [0, 0.05) is 47.6 Å². The summed E-state index contributed by atoms with van der Waals surface area (Å²) >= 11 is 12.2. The minimum absolute atomic E-state index is 0.273. The summed E-state index contributed by atoms with van der Waals surface area (Å²) in [5.74, 6) is 0.650. The average Bonchev–Trinajstić information content (AvgIpc) is 2.75. The van der Waals surface area contributed by atoms with Gasteiger partial charge in [-0.25, -0.2) is 6.57 Å². The molecule has 0 amide bonds. The van der Waals surface area contributed by atoms with E-state index in [0.29, 0.717) is 28.8 Å². The zero-order valence-electron chi connectivity index (χ0n) is 17.0. The first-order valence-electron chi connectivity index (χ1n) is 9.43. The normalized spacial score (nSPS) is 11.1. The molecule has 2 aromatic carbocycles. The molecule has 0 aliphatic carbocycles. The van der Waals surface area contributed by atoms with E-state index in [-0.39, 0.29) is 6.01 Å². The highest BCUT2D eigenvalue weighted by Crippen LogP contribution is 2.30. The van der Waals surface area contributed by atoms with E-state index in [9.17, 15) is 0 Å². The SMILES string of the molecule is [C-]#[N+]C(C)(C)c1cccc(-c2cc(NCCc3ccc(Cl)cc3Cl)nc(OC)n2)c1. The third kappa shape index (κ3) is 5.21. The van der Waals surface area contributed by atoms with Gasteiger partial charge in [0.05, 0.1) is 12.8 Å². The Morgan fingerprint density at radius 1 is 1.10 bits per heavy atom. The van der Waals surface area contributed by atoms with E-state index in [1.807, 2.05) is 56.3 Å². The van der Waals surface area contributed by atoms with Crippen molar-refractivity contribution in [1.29, 1.82) is 0 Å². The molecule has 0 aliphatic heterocycles. The van der Waals surface area contributed by atoms with Crippen molar-refractivity contribution in [2.45, 2.75) is 25.8 Å². The molecule has 0 fully saturated rings. The van der Waals surface area contributed by atoms with Crippen molar-refractivity contribution in [2.24, 2.45) is 0 Å². The molecule has 3 aromatic rings. The number of aromatic nitrogens is 2. The minimum Gasteiger partial charge on any atom is -0.467 e. The molecule has 0 bridgehead atoms. The quantitative estimate of drug-likeness (QED) is 0.439. The summed E-state index contributed by atoms with van der Waals surface area (Å²) in [6, 6.07) is 15.5. The van der Waals surface area contributed by atoms with Crippen LogP contribution < -0.4 is 10.1 Å². The largest absolute Gasteiger partial charge is 0.467 e. The lowest BCUT2D eigenvalue weighted by Gasteiger charge is -2.14. The summed E-state index contributed by atoms with van der Waals surface area (Å²) in [6.45, 7) is 11.9. The van der Waals surface area contributed by atoms with Gasteiger partial charge in [-0.15, -0.1) is 0 Å². The molecule has 0 unspecified atom stereocenters. The zero-order valence-corrected chi connectivity index (χ0v) is 18.6. The van der Waals surface area contributed by atoms with Gasteiger partial charge < -0.3 is 14.9 Å². The Hall–Kier alpha value is -2.81. The highest BCUT2D eigenvalue weighted by Gasteiger charge is 2.26. The zero-order chi connectivity index (χ0) is 21.7. The molecule has 0 saturated heterocycles. The maximum absolute atomic E-state index is 7.44. The molecular formula is C23H22Cl2N4O. The summed E-state index contributed by atoms with van der Waals surface area (Å²) in [5.41, 5.74) is 2.94. The number of hydrogen-bond donors (Lipinski definition) is 1. The molecule has 7 heteroatoms. The number of nitrogens with zero attached hydrogens (tertiary/aromatic N) is 3. The summed E-state index contributed by atoms with van der Waals surface area (Å²) in [5, 5.41) is 4.56. The third-order valence-electron chi connectivity index (χ3n) is 4.75. The van der Waals surface area contributed by atoms with Crippen LogP contribution in [0.25, 0.3) is 16.1 Å². The van der Waals surface area contributed by atoms with Crippen molar-refractivity contribution < 1.29 is 4.74 Å². The number of benzene rings is 2. The van der Waals surface area contributed by atoms with Gasteiger partial charge in [0.15, 0.2) is 0 Å². The van der Waals surface area contributed by atoms with Crippen molar-refractivity contribution in [3.63, 3.8) is 0 Å². The molecule has 1 N–H and O–H groups in total. The van der Waals surface area contributed by atoms with Crippen LogP contribution in [0.15, 0.2) is 48.5 Å². The lowest BCUT2D eigenvalue weighted by molar-refractivity contribution is 0.381. The number of halogens is 2. The smallest absolute Gasteiger partial charge is 0.318 e. The van der Waals surface area contributed by atoms with Gasteiger partial charge in [-0.1, -0.05) is 47.5 Å². The van der Waals surface area contributed by atoms with E-state index in [0.717, 1.165) is 22.4 Å². The van der Waals surface area contributed by atoms with Crippen LogP contribution >= 0.6 is 23.2 Å². The number of methoxy groups -OCH3 is 1. The fraction of sp³-hybridized carbons (Fsp3) is 0.261. The van der Waals surface area contributed by atoms with E-state index in [2.05, 4.69) is 20.1 Å². The molecule has 5 nitrogen and oxygen atoms in total. The monoisotopic (exact) mass is 440 g/mol. The number of ether oxygens (including phenoxy) is 1. The van der Waals surface area contributed by atoms with Crippen LogP contribution in [-0.2, 0) is 12.0 Å². The van der Waals surface area contributed by atoms with E-state index in [4.69, 9.17) is 34.5 Å². The van der Waals surface area contributed by atoms with Crippen LogP contribution in [0.3, 0.4) is 0 Å². The Labute approximate surface area is 186 Å². The van der Waals surface area contributed by atoms with Crippen LogP contribution in [0.1, 0.15) is 25.0 Å². The van der Waals surface area contributed by atoms with Crippen LogP contribution in [0.4, 0.5) is 5.82 Å². The standard InChI is InChI=1S/C23H22Cl2N4O/c1-23(2,26-3)17-7-5-6-16(12-17)20-14-21(29-22(28-20)30-4)27-11-10-15-8-9-18(24)13-19(15)25/h5-9,12-14H,10-11H2,1-2,4H3,(H,27,28,29). The van der Waals surface area contributed by atoms with Gasteiger partial charge in [-0.05, 0) is 30.2 Å². The predicted octanol–water partition coefficient (Wildman–Crippen LogP) is 6.27. The van der Waals surface area contributed by atoms with Gasteiger partial charge in [0.25, 0.3) is 5.54 Å². The summed E-state index contributed by atoms with van der Waals surface area (Å²) in [4.78, 5) is 12.6. The maximum Gasteiger partial charge on any atom is 0.318 e. The first kappa shape index (κ1) is 21.9. The van der Waals surface area contributed by atoms with Crippen molar-refractivity contribution in [1.82, 2.24) is 9.97 Å². The summed E-state index contributed by atoms with van der Waals surface area (Å²) < 4.78 is 5.29. The highest BCUT2D eigenvalue weighted by molar-refractivity contribution is 6.35. The van der Waals surface area contributed by atoms with Crippen molar-refractivity contribution in [3.05, 3.63) is 81.1 Å². The molecule has 154 valence electrons. The van der Waals surface area contributed by atoms with Gasteiger partial charge in [0.2, 0.25) is 0 Å². The fourth-order valence-electron chi connectivity index (χ4n) is 2.93. The fourth-order valence-corrected chi connectivity index (χ4v) is 3.43. The number of nitrogens with one attached hydrogen (secondary N) is 1. The van der Waals surface area contributed by atoms with Crippen molar-refractivity contribution >= 4 is 29.0 Å². The molecule has 0 saturated carbocycles. The van der Waals surface area contributed by atoms with Crippen LogP contribution in [0.2, 0.25) is 10.0 Å². The van der Waals surface area contributed by atoms with E-state index in [1.165, 1.54) is 7.11 Å². The molecule has 1 aromatic heterocycles. The third-order valence-corrected chi connectivity index (χ3v) is 5.34.